The van der Waals surface area contributed by atoms with Gasteiger partial charge in [0.25, 0.3) is 0 Å². The van der Waals surface area contributed by atoms with Gasteiger partial charge in [-0.15, -0.1) is 0 Å². The molecule has 0 radical (unpaired) electrons. The van der Waals surface area contributed by atoms with E-state index < -0.39 is 5.97 Å². The van der Waals surface area contributed by atoms with Crippen LogP contribution in [0, 0.1) is 0 Å². The lowest BCUT2D eigenvalue weighted by atomic mass is 10.2. The molecule has 4 heteroatoms. The van der Waals surface area contributed by atoms with Crippen LogP contribution in [0.1, 0.15) is 43.0 Å². The summed E-state index contributed by atoms with van der Waals surface area (Å²) in [6.07, 6.45) is 4.45. The summed E-state index contributed by atoms with van der Waals surface area (Å²) in [7, 11) is 0. The van der Waals surface area contributed by atoms with Gasteiger partial charge < -0.3 is 15.6 Å². The van der Waals surface area contributed by atoms with Gasteiger partial charge in [0.2, 0.25) is 0 Å². The van der Waals surface area contributed by atoms with Gasteiger partial charge in [-0.1, -0.05) is 26.2 Å². The maximum absolute atomic E-state index is 10.8. The number of unbranched alkanes of at least 4 members (excludes halogenated alkanes) is 3. The van der Waals surface area contributed by atoms with Crippen molar-refractivity contribution in [2.24, 2.45) is 0 Å². The quantitative estimate of drug-likeness (QED) is 0.565. The third-order valence-corrected chi connectivity index (χ3v) is 2.52. The number of carboxylic acid groups (broad SMARTS) is 1. The Labute approximate surface area is 101 Å². The molecular formula is C13H19NO3. The van der Waals surface area contributed by atoms with Gasteiger partial charge in [-0.3, -0.25) is 0 Å². The minimum atomic E-state index is -0.971. The molecule has 0 heterocycles. The Morgan fingerprint density at radius 1 is 1.35 bits per heavy atom. The van der Waals surface area contributed by atoms with E-state index in [1.165, 1.54) is 25.0 Å². The Hall–Kier alpha value is -1.71. The van der Waals surface area contributed by atoms with Crippen LogP contribution in [-0.2, 0) is 0 Å². The van der Waals surface area contributed by atoms with Crippen molar-refractivity contribution in [2.75, 3.05) is 12.3 Å². The maximum Gasteiger partial charge on any atom is 0.335 e. The van der Waals surface area contributed by atoms with Crippen molar-refractivity contribution < 1.29 is 14.6 Å². The predicted octanol–water partition coefficient (Wildman–Crippen LogP) is 2.93. The number of nitrogen functional groups attached to an aromatic ring is 1. The molecule has 1 rings (SSSR count). The molecule has 0 atom stereocenters. The van der Waals surface area contributed by atoms with Crippen LogP contribution >= 0.6 is 0 Å². The molecule has 17 heavy (non-hydrogen) atoms. The molecule has 0 aromatic heterocycles. The van der Waals surface area contributed by atoms with Crippen LogP contribution in [0.15, 0.2) is 18.2 Å². The zero-order valence-electron chi connectivity index (χ0n) is 10.1. The number of carboxylic acids is 1. The van der Waals surface area contributed by atoms with Gasteiger partial charge >= 0.3 is 5.97 Å². The van der Waals surface area contributed by atoms with Gasteiger partial charge in [0, 0.05) is 0 Å². The Morgan fingerprint density at radius 2 is 2.12 bits per heavy atom. The average molecular weight is 237 g/mol. The summed E-state index contributed by atoms with van der Waals surface area (Å²) in [5, 5.41) is 8.85. The number of carbonyl (C=O) groups is 1. The summed E-state index contributed by atoms with van der Waals surface area (Å²) >= 11 is 0. The van der Waals surface area contributed by atoms with E-state index in [9.17, 15) is 4.79 Å². The van der Waals surface area contributed by atoms with Crippen LogP contribution in [0.25, 0.3) is 0 Å². The second-order valence-corrected chi connectivity index (χ2v) is 3.97. The van der Waals surface area contributed by atoms with Gasteiger partial charge in [-0.05, 0) is 24.6 Å². The van der Waals surface area contributed by atoms with Gasteiger partial charge in [0.05, 0.1) is 17.9 Å². The highest BCUT2D eigenvalue weighted by molar-refractivity contribution is 5.89. The smallest absolute Gasteiger partial charge is 0.335 e. The molecule has 0 bridgehead atoms. The standard InChI is InChI=1S/C13H19NO3/c1-2-3-4-5-8-17-12-9-10(13(15)16)6-7-11(12)14/h6-7,9H,2-5,8,14H2,1H3,(H,15,16). The van der Waals surface area contributed by atoms with E-state index >= 15 is 0 Å². The van der Waals surface area contributed by atoms with Crippen LogP contribution < -0.4 is 10.5 Å². The van der Waals surface area contributed by atoms with Crippen LogP contribution in [0.3, 0.4) is 0 Å². The van der Waals surface area contributed by atoms with Crippen molar-refractivity contribution in [1.82, 2.24) is 0 Å². The molecular weight excluding hydrogens is 218 g/mol. The lowest BCUT2D eigenvalue weighted by Crippen LogP contribution is -2.03. The normalized spacial score (nSPS) is 10.2. The fourth-order valence-corrected chi connectivity index (χ4v) is 1.50. The Kier molecular flexibility index (Phi) is 5.33. The lowest BCUT2D eigenvalue weighted by molar-refractivity contribution is 0.0696. The van der Waals surface area contributed by atoms with E-state index in [0.717, 1.165) is 12.8 Å². The van der Waals surface area contributed by atoms with E-state index in [1.807, 2.05) is 0 Å². The van der Waals surface area contributed by atoms with Crippen molar-refractivity contribution in [3.05, 3.63) is 23.8 Å². The molecule has 94 valence electrons. The summed E-state index contributed by atoms with van der Waals surface area (Å²) in [5.74, 6) is -0.512. The molecule has 0 aliphatic carbocycles. The number of hydrogen-bond donors (Lipinski definition) is 2. The van der Waals surface area contributed by atoms with Crippen molar-refractivity contribution in [3.63, 3.8) is 0 Å². The van der Waals surface area contributed by atoms with Gasteiger partial charge in [-0.2, -0.15) is 0 Å². The molecule has 0 saturated carbocycles. The van der Waals surface area contributed by atoms with E-state index in [1.54, 1.807) is 6.07 Å². The zero-order valence-corrected chi connectivity index (χ0v) is 10.1. The van der Waals surface area contributed by atoms with E-state index in [0.29, 0.717) is 18.0 Å². The lowest BCUT2D eigenvalue weighted by Gasteiger charge is -2.09. The second-order valence-electron chi connectivity index (χ2n) is 3.97. The number of benzene rings is 1. The Bertz CT molecular complexity index is 377. The second kappa shape index (κ2) is 6.78. The molecule has 0 saturated heterocycles. The van der Waals surface area contributed by atoms with Crippen LogP contribution in [0.5, 0.6) is 5.75 Å². The number of anilines is 1. The number of nitrogens with two attached hydrogens (primary N) is 1. The molecule has 0 aliphatic rings. The van der Waals surface area contributed by atoms with Crippen molar-refractivity contribution in [3.8, 4) is 5.75 Å². The van der Waals surface area contributed by atoms with Gasteiger partial charge in [0.1, 0.15) is 5.75 Å². The molecule has 3 N–H and O–H groups in total. The fourth-order valence-electron chi connectivity index (χ4n) is 1.50. The monoisotopic (exact) mass is 237 g/mol. The third kappa shape index (κ3) is 4.34. The third-order valence-electron chi connectivity index (χ3n) is 2.52. The van der Waals surface area contributed by atoms with Crippen molar-refractivity contribution in [1.29, 1.82) is 0 Å². The zero-order chi connectivity index (χ0) is 12.7. The molecule has 0 amide bonds. The molecule has 1 aromatic carbocycles. The topological polar surface area (TPSA) is 72.5 Å². The number of ether oxygens (including phenoxy) is 1. The molecule has 0 aliphatic heterocycles. The van der Waals surface area contributed by atoms with Gasteiger partial charge in [-0.25, -0.2) is 4.79 Å². The minimum absolute atomic E-state index is 0.197. The summed E-state index contributed by atoms with van der Waals surface area (Å²) in [6.45, 7) is 2.72. The first-order chi connectivity index (χ1) is 8.15. The van der Waals surface area contributed by atoms with E-state index in [2.05, 4.69) is 6.92 Å². The first kappa shape index (κ1) is 13.4. The highest BCUT2D eigenvalue weighted by atomic mass is 16.5. The minimum Gasteiger partial charge on any atom is -0.491 e. The number of rotatable bonds is 7. The predicted molar refractivity (Wildman–Crippen MR) is 67.5 cm³/mol. The summed E-state index contributed by atoms with van der Waals surface area (Å²) in [5.41, 5.74) is 6.39. The summed E-state index contributed by atoms with van der Waals surface area (Å²) in [6, 6.07) is 4.50. The van der Waals surface area contributed by atoms with Crippen molar-refractivity contribution >= 4 is 11.7 Å². The fraction of sp³-hybridized carbons (Fsp3) is 0.462. The number of hydrogen-bond acceptors (Lipinski definition) is 3. The molecule has 0 unspecified atom stereocenters. The first-order valence-corrected chi connectivity index (χ1v) is 5.90. The maximum atomic E-state index is 10.8. The van der Waals surface area contributed by atoms with Crippen molar-refractivity contribution in [2.45, 2.75) is 32.6 Å². The SMILES string of the molecule is CCCCCCOc1cc(C(=O)O)ccc1N. The first-order valence-electron chi connectivity index (χ1n) is 5.90. The van der Waals surface area contributed by atoms with Gasteiger partial charge in [0.15, 0.2) is 0 Å². The van der Waals surface area contributed by atoms with Crippen LogP contribution in [0.4, 0.5) is 5.69 Å². The number of aromatic carboxylic acids is 1. The highest BCUT2D eigenvalue weighted by Crippen LogP contribution is 2.23. The summed E-state index contributed by atoms with van der Waals surface area (Å²) in [4.78, 5) is 10.8. The Morgan fingerprint density at radius 3 is 2.76 bits per heavy atom. The average Bonchev–Trinajstić information content (AvgIpc) is 2.30. The Balaban J connectivity index is 2.51. The van der Waals surface area contributed by atoms with Crippen LogP contribution in [-0.4, -0.2) is 17.7 Å². The molecule has 1 aromatic rings. The molecule has 4 nitrogen and oxygen atoms in total. The highest BCUT2D eigenvalue weighted by Gasteiger charge is 2.07. The molecule has 0 fully saturated rings. The summed E-state index contributed by atoms with van der Waals surface area (Å²) < 4.78 is 5.49. The van der Waals surface area contributed by atoms with E-state index in [4.69, 9.17) is 15.6 Å². The van der Waals surface area contributed by atoms with Crippen LogP contribution in [0.2, 0.25) is 0 Å². The molecule has 0 spiro atoms. The largest absolute Gasteiger partial charge is 0.491 e. The van der Waals surface area contributed by atoms with E-state index in [-0.39, 0.29) is 5.56 Å².